The van der Waals surface area contributed by atoms with Gasteiger partial charge in [-0.05, 0) is 31.5 Å². The summed E-state index contributed by atoms with van der Waals surface area (Å²) in [6.45, 7) is 3.59. The van der Waals surface area contributed by atoms with Gasteiger partial charge in [0.15, 0.2) is 0 Å². The Morgan fingerprint density at radius 3 is 2.11 bits per heavy atom. The van der Waals surface area contributed by atoms with E-state index < -0.39 is 5.92 Å². The molecule has 0 atom stereocenters. The maximum absolute atomic E-state index is 14.4. The van der Waals surface area contributed by atoms with Gasteiger partial charge in [-0.3, -0.25) is 0 Å². The highest BCUT2D eigenvalue weighted by atomic mass is 19.3. The zero-order valence-corrected chi connectivity index (χ0v) is 10.4. The molecular formula is C15H15F2N. The van der Waals surface area contributed by atoms with Crippen molar-refractivity contribution in [1.82, 2.24) is 0 Å². The minimum absolute atomic E-state index is 0.0383. The Morgan fingerprint density at radius 1 is 0.944 bits per heavy atom. The number of alkyl halides is 2. The normalized spacial score (nSPS) is 11.6. The van der Waals surface area contributed by atoms with E-state index in [9.17, 15) is 8.78 Å². The molecule has 94 valence electrons. The molecule has 0 aromatic heterocycles. The first-order valence-electron chi connectivity index (χ1n) is 5.73. The van der Waals surface area contributed by atoms with Gasteiger partial charge in [-0.1, -0.05) is 35.9 Å². The van der Waals surface area contributed by atoms with E-state index in [1.165, 1.54) is 30.3 Å². The SMILES string of the molecule is Cc1ccc(C(F)(F)c2ccc(N)cc2)c(C)c1. The van der Waals surface area contributed by atoms with Crippen LogP contribution in [0.25, 0.3) is 0 Å². The predicted molar refractivity (Wildman–Crippen MR) is 69.8 cm³/mol. The number of halogens is 2. The van der Waals surface area contributed by atoms with E-state index in [2.05, 4.69) is 0 Å². The summed E-state index contributed by atoms with van der Waals surface area (Å²) < 4.78 is 28.7. The molecule has 0 spiro atoms. The van der Waals surface area contributed by atoms with E-state index in [1.807, 2.05) is 6.92 Å². The number of nitrogens with two attached hydrogens (primary N) is 1. The summed E-state index contributed by atoms with van der Waals surface area (Å²) in [5, 5.41) is 0. The molecule has 0 unspecified atom stereocenters. The van der Waals surface area contributed by atoms with Crippen LogP contribution in [0.5, 0.6) is 0 Å². The lowest BCUT2D eigenvalue weighted by Crippen LogP contribution is -2.16. The van der Waals surface area contributed by atoms with Crippen LogP contribution in [0.4, 0.5) is 14.5 Å². The molecule has 0 saturated carbocycles. The lowest BCUT2D eigenvalue weighted by Gasteiger charge is -2.19. The Labute approximate surface area is 105 Å². The molecule has 2 rings (SSSR count). The monoisotopic (exact) mass is 247 g/mol. The van der Waals surface area contributed by atoms with E-state index >= 15 is 0 Å². The Balaban J connectivity index is 2.50. The van der Waals surface area contributed by atoms with Crippen molar-refractivity contribution in [2.24, 2.45) is 0 Å². The van der Waals surface area contributed by atoms with Crippen molar-refractivity contribution in [2.45, 2.75) is 19.8 Å². The second-order valence-electron chi connectivity index (χ2n) is 4.51. The highest BCUT2D eigenvalue weighted by molar-refractivity contribution is 5.45. The summed E-state index contributed by atoms with van der Waals surface area (Å²) in [5.74, 6) is -2.99. The van der Waals surface area contributed by atoms with Gasteiger partial charge in [0.2, 0.25) is 0 Å². The maximum atomic E-state index is 14.4. The van der Waals surface area contributed by atoms with Gasteiger partial charge in [-0.2, -0.15) is 8.78 Å². The molecule has 0 fully saturated rings. The van der Waals surface area contributed by atoms with Crippen LogP contribution in [0.15, 0.2) is 42.5 Å². The molecule has 0 aliphatic rings. The molecule has 0 aliphatic carbocycles. The molecular weight excluding hydrogens is 232 g/mol. The van der Waals surface area contributed by atoms with Crippen LogP contribution in [0.3, 0.4) is 0 Å². The van der Waals surface area contributed by atoms with Crippen LogP contribution in [-0.2, 0) is 5.92 Å². The average molecular weight is 247 g/mol. The van der Waals surface area contributed by atoms with Gasteiger partial charge in [0, 0.05) is 16.8 Å². The third-order valence-corrected chi connectivity index (χ3v) is 2.99. The van der Waals surface area contributed by atoms with Crippen LogP contribution in [0, 0.1) is 13.8 Å². The highest BCUT2D eigenvalue weighted by Gasteiger charge is 2.35. The van der Waals surface area contributed by atoms with Crippen LogP contribution in [-0.4, -0.2) is 0 Å². The number of nitrogen functional groups attached to an aromatic ring is 1. The summed E-state index contributed by atoms with van der Waals surface area (Å²) in [6, 6.07) is 10.7. The third-order valence-electron chi connectivity index (χ3n) is 2.99. The molecule has 0 saturated heterocycles. The second-order valence-corrected chi connectivity index (χ2v) is 4.51. The van der Waals surface area contributed by atoms with Gasteiger partial charge in [0.25, 0.3) is 5.92 Å². The Kier molecular flexibility index (Phi) is 3.07. The molecule has 18 heavy (non-hydrogen) atoms. The zero-order valence-electron chi connectivity index (χ0n) is 10.4. The molecule has 0 heterocycles. The number of rotatable bonds is 2. The van der Waals surface area contributed by atoms with E-state index in [1.54, 1.807) is 19.1 Å². The minimum Gasteiger partial charge on any atom is -0.399 e. The topological polar surface area (TPSA) is 26.0 Å². The molecule has 3 heteroatoms. The standard InChI is InChI=1S/C15H15F2N/c1-10-3-8-14(11(2)9-10)15(16,17)12-4-6-13(18)7-5-12/h3-9H,18H2,1-2H3. The molecule has 2 aromatic carbocycles. The van der Waals surface area contributed by atoms with Crippen molar-refractivity contribution in [3.05, 3.63) is 64.7 Å². The molecule has 0 amide bonds. The number of anilines is 1. The van der Waals surface area contributed by atoms with Crippen LogP contribution in [0.2, 0.25) is 0 Å². The van der Waals surface area contributed by atoms with Crippen LogP contribution in [0.1, 0.15) is 22.3 Å². The fourth-order valence-corrected chi connectivity index (χ4v) is 2.01. The van der Waals surface area contributed by atoms with E-state index in [0.717, 1.165) is 5.56 Å². The Bertz CT molecular complexity index is 559. The summed E-state index contributed by atoms with van der Waals surface area (Å²) in [5.41, 5.74) is 7.57. The quantitative estimate of drug-likeness (QED) is 0.797. The maximum Gasteiger partial charge on any atom is 0.298 e. The summed E-state index contributed by atoms with van der Waals surface area (Å²) in [4.78, 5) is 0. The summed E-state index contributed by atoms with van der Waals surface area (Å²) >= 11 is 0. The summed E-state index contributed by atoms with van der Waals surface area (Å²) in [7, 11) is 0. The minimum atomic E-state index is -2.99. The highest BCUT2D eigenvalue weighted by Crippen LogP contribution is 2.37. The van der Waals surface area contributed by atoms with Crippen molar-refractivity contribution in [2.75, 3.05) is 5.73 Å². The summed E-state index contributed by atoms with van der Waals surface area (Å²) in [6.07, 6.45) is 0. The lowest BCUT2D eigenvalue weighted by molar-refractivity contribution is 0.0422. The second kappa shape index (κ2) is 4.41. The predicted octanol–water partition coefficient (Wildman–Crippen LogP) is 4.03. The van der Waals surface area contributed by atoms with Crippen LogP contribution < -0.4 is 5.73 Å². The van der Waals surface area contributed by atoms with Crippen molar-refractivity contribution in [3.8, 4) is 0 Å². The molecule has 2 aromatic rings. The lowest BCUT2D eigenvalue weighted by atomic mass is 9.95. The van der Waals surface area contributed by atoms with Crippen molar-refractivity contribution >= 4 is 5.69 Å². The molecule has 1 nitrogen and oxygen atoms in total. The van der Waals surface area contributed by atoms with Crippen LogP contribution >= 0.6 is 0 Å². The van der Waals surface area contributed by atoms with Crippen molar-refractivity contribution in [1.29, 1.82) is 0 Å². The fraction of sp³-hybridized carbons (Fsp3) is 0.200. The number of aryl methyl sites for hydroxylation is 2. The van der Waals surface area contributed by atoms with Gasteiger partial charge in [0.05, 0.1) is 0 Å². The Hall–Kier alpha value is -1.90. The molecule has 0 aliphatic heterocycles. The van der Waals surface area contributed by atoms with Gasteiger partial charge >= 0.3 is 0 Å². The molecule has 0 bridgehead atoms. The fourth-order valence-electron chi connectivity index (χ4n) is 2.01. The number of hydrogen-bond acceptors (Lipinski definition) is 1. The smallest absolute Gasteiger partial charge is 0.298 e. The first-order chi connectivity index (χ1) is 8.41. The van der Waals surface area contributed by atoms with E-state index in [0.29, 0.717) is 11.3 Å². The number of benzene rings is 2. The zero-order chi connectivity index (χ0) is 13.3. The molecule has 2 N–H and O–H groups in total. The Morgan fingerprint density at radius 2 is 1.56 bits per heavy atom. The van der Waals surface area contributed by atoms with E-state index in [4.69, 9.17) is 5.73 Å². The van der Waals surface area contributed by atoms with Gasteiger partial charge < -0.3 is 5.73 Å². The largest absolute Gasteiger partial charge is 0.399 e. The van der Waals surface area contributed by atoms with Crippen molar-refractivity contribution < 1.29 is 8.78 Å². The molecule has 0 radical (unpaired) electrons. The third kappa shape index (κ3) is 2.21. The van der Waals surface area contributed by atoms with E-state index in [-0.39, 0.29) is 11.1 Å². The van der Waals surface area contributed by atoms with Crippen molar-refractivity contribution in [3.63, 3.8) is 0 Å². The average Bonchev–Trinajstić information content (AvgIpc) is 2.29. The van der Waals surface area contributed by atoms with Gasteiger partial charge in [-0.15, -0.1) is 0 Å². The van der Waals surface area contributed by atoms with Gasteiger partial charge in [-0.25, -0.2) is 0 Å². The first-order valence-corrected chi connectivity index (χ1v) is 5.73. The first kappa shape index (κ1) is 12.6. The van der Waals surface area contributed by atoms with Gasteiger partial charge in [0.1, 0.15) is 0 Å². The number of hydrogen-bond donors (Lipinski definition) is 1.